The molecule has 1 amide bonds. The molecule has 0 saturated heterocycles. The first kappa shape index (κ1) is 20.8. The number of amides is 1. The van der Waals surface area contributed by atoms with Crippen molar-refractivity contribution in [2.24, 2.45) is 0 Å². The molecule has 160 valence electrons. The molecule has 2 aliphatic rings. The quantitative estimate of drug-likeness (QED) is 0.704. The van der Waals surface area contributed by atoms with Gasteiger partial charge >= 0.3 is 0 Å². The second-order valence-corrected chi connectivity index (χ2v) is 10.1. The lowest BCUT2D eigenvalue weighted by atomic mass is 10.1. The number of hydrogen-bond donors (Lipinski definition) is 0. The van der Waals surface area contributed by atoms with E-state index < -0.39 is 10.0 Å². The van der Waals surface area contributed by atoms with Crippen molar-refractivity contribution in [1.29, 1.82) is 0 Å². The molecular weight excluding hydrogens is 402 g/mol. The van der Waals surface area contributed by atoms with Crippen molar-refractivity contribution in [1.82, 2.24) is 14.2 Å². The lowest BCUT2D eigenvalue weighted by molar-refractivity contribution is -0.133. The molecule has 1 aliphatic carbocycles. The Bertz CT molecular complexity index is 1020. The zero-order valence-corrected chi connectivity index (χ0v) is 18.1. The second-order valence-electron chi connectivity index (χ2n) is 8.20. The van der Waals surface area contributed by atoms with Crippen LogP contribution in [-0.2, 0) is 34.3 Å². The molecule has 0 bridgehead atoms. The molecule has 2 heterocycles. The Kier molecular flexibility index (Phi) is 5.79. The van der Waals surface area contributed by atoms with Crippen molar-refractivity contribution in [2.75, 3.05) is 12.9 Å². The topological polar surface area (TPSA) is 79.8 Å². The number of fused-ring (bicyclic) bond motifs is 1. The number of aromatic nitrogens is 1. The molecule has 4 rings (SSSR count). The highest BCUT2D eigenvalue weighted by molar-refractivity contribution is 7.88. The van der Waals surface area contributed by atoms with Gasteiger partial charge in [0.2, 0.25) is 15.9 Å². The van der Waals surface area contributed by atoms with Crippen LogP contribution in [0.15, 0.2) is 42.7 Å². The van der Waals surface area contributed by atoms with Gasteiger partial charge in [-0.15, -0.1) is 0 Å². The Morgan fingerprint density at radius 3 is 2.73 bits per heavy atom. The van der Waals surface area contributed by atoms with Crippen LogP contribution >= 0.6 is 0 Å². The lowest BCUT2D eigenvalue weighted by Crippen LogP contribution is -2.40. The fourth-order valence-electron chi connectivity index (χ4n) is 3.81. The summed E-state index contributed by atoms with van der Waals surface area (Å²) in [6, 6.07) is 9.53. The van der Waals surface area contributed by atoms with Crippen molar-refractivity contribution in [3.63, 3.8) is 0 Å². The van der Waals surface area contributed by atoms with Crippen LogP contribution in [0.5, 0.6) is 5.75 Å². The van der Waals surface area contributed by atoms with Gasteiger partial charge in [-0.1, -0.05) is 12.1 Å². The van der Waals surface area contributed by atoms with Crippen LogP contribution in [0.25, 0.3) is 0 Å². The number of rotatable bonds is 6. The number of ether oxygens (including phenoxy) is 1. The van der Waals surface area contributed by atoms with E-state index in [1.165, 1.54) is 6.26 Å². The van der Waals surface area contributed by atoms with E-state index in [4.69, 9.17) is 4.74 Å². The largest absolute Gasteiger partial charge is 0.491 e. The molecule has 8 heteroatoms. The van der Waals surface area contributed by atoms with Crippen molar-refractivity contribution in [3.8, 4) is 5.75 Å². The molecule has 0 N–H and O–H groups in total. The van der Waals surface area contributed by atoms with E-state index >= 15 is 0 Å². The van der Waals surface area contributed by atoms with Crippen molar-refractivity contribution < 1.29 is 17.9 Å². The first-order valence-electron chi connectivity index (χ1n) is 10.2. The molecule has 7 nitrogen and oxygen atoms in total. The summed E-state index contributed by atoms with van der Waals surface area (Å²) < 4.78 is 31.8. The van der Waals surface area contributed by atoms with E-state index in [1.54, 1.807) is 16.7 Å². The minimum Gasteiger partial charge on any atom is -0.491 e. The summed E-state index contributed by atoms with van der Waals surface area (Å²) in [4.78, 5) is 18.9. The van der Waals surface area contributed by atoms with Crippen LogP contribution in [0.1, 0.15) is 36.5 Å². The van der Waals surface area contributed by atoms with Gasteiger partial charge < -0.3 is 9.64 Å². The molecule has 30 heavy (non-hydrogen) atoms. The molecule has 0 spiro atoms. The molecule has 1 saturated carbocycles. The van der Waals surface area contributed by atoms with E-state index in [-0.39, 0.29) is 24.4 Å². The number of sulfonamides is 1. The average Bonchev–Trinajstić information content (AvgIpc) is 3.54. The Labute approximate surface area is 177 Å². The number of nitrogens with zero attached hydrogens (tertiary/aromatic N) is 3. The normalized spacial score (nSPS) is 19.2. The van der Waals surface area contributed by atoms with Crippen molar-refractivity contribution in [2.45, 2.75) is 51.4 Å². The highest BCUT2D eigenvalue weighted by Crippen LogP contribution is 2.32. The van der Waals surface area contributed by atoms with Crippen molar-refractivity contribution >= 4 is 15.9 Å². The number of pyridine rings is 1. The average molecular weight is 430 g/mol. The third-order valence-electron chi connectivity index (χ3n) is 5.59. The van der Waals surface area contributed by atoms with Gasteiger partial charge in [0.05, 0.1) is 18.7 Å². The molecule has 1 aliphatic heterocycles. The Morgan fingerprint density at radius 1 is 1.27 bits per heavy atom. The van der Waals surface area contributed by atoms with E-state index in [1.807, 2.05) is 42.2 Å². The number of hydrogen-bond acceptors (Lipinski definition) is 5. The zero-order chi connectivity index (χ0) is 21.3. The van der Waals surface area contributed by atoms with E-state index in [0.717, 1.165) is 35.3 Å². The Balaban J connectivity index is 1.54. The fourth-order valence-corrected chi connectivity index (χ4v) is 4.94. The predicted octanol–water partition coefficient (Wildman–Crippen LogP) is 2.36. The van der Waals surface area contributed by atoms with E-state index in [2.05, 4.69) is 4.98 Å². The molecule has 1 fully saturated rings. The second kappa shape index (κ2) is 8.35. The highest BCUT2D eigenvalue weighted by Gasteiger charge is 2.35. The summed E-state index contributed by atoms with van der Waals surface area (Å²) >= 11 is 0. The summed E-state index contributed by atoms with van der Waals surface area (Å²) in [6.45, 7) is 3.18. The minimum absolute atomic E-state index is 0.0214. The summed E-state index contributed by atoms with van der Waals surface area (Å²) in [5, 5.41) is 0. The third kappa shape index (κ3) is 4.82. The highest BCUT2D eigenvalue weighted by atomic mass is 32.2. The smallest absolute Gasteiger partial charge is 0.227 e. The summed E-state index contributed by atoms with van der Waals surface area (Å²) in [6.07, 6.45) is 6.77. The zero-order valence-electron chi connectivity index (χ0n) is 17.3. The summed E-state index contributed by atoms with van der Waals surface area (Å²) in [5.74, 6) is 0.771. The fraction of sp³-hybridized carbons (Fsp3) is 0.455. The Morgan fingerprint density at radius 2 is 2.07 bits per heavy atom. The van der Waals surface area contributed by atoms with Gasteiger partial charge in [-0.05, 0) is 49.1 Å². The maximum Gasteiger partial charge on any atom is 0.227 e. The van der Waals surface area contributed by atoms with Gasteiger partial charge in [0, 0.05) is 37.1 Å². The van der Waals surface area contributed by atoms with Gasteiger partial charge in [0.1, 0.15) is 12.4 Å². The number of carbonyl (C=O) groups excluding carboxylic acids is 1. The van der Waals surface area contributed by atoms with Crippen LogP contribution < -0.4 is 4.74 Å². The molecule has 1 aromatic heterocycles. The minimum atomic E-state index is -3.26. The monoisotopic (exact) mass is 429 g/mol. The number of carbonyl (C=O) groups is 1. The van der Waals surface area contributed by atoms with Crippen LogP contribution in [0.2, 0.25) is 0 Å². The number of benzene rings is 1. The van der Waals surface area contributed by atoms with E-state index in [9.17, 15) is 13.2 Å². The van der Waals surface area contributed by atoms with Gasteiger partial charge in [-0.2, -0.15) is 4.31 Å². The van der Waals surface area contributed by atoms with Crippen LogP contribution in [0, 0.1) is 0 Å². The summed E-state index contributed by atoms with van der Waals surface area (Å²) in [7, 11) is -3.26. The van der Waals surface area contributed by atoms with E-state index in [0.29, 0.717) is 19.7 Å². The molecule has 2 aromatic rings. The molecule has 0 radical (unpaired) electrons. The maximum atomic E-state index is 13.0. The molecule has 1 atom stereocenters. The van der Waals surface area contributed by atoms with Crippen LogP contribution in [0.4, 0.5) is 0 Å². The van der Waals surface area contributed by atoms with Crippen LogP contribution in [-0.4, -0.2) is 53.5 Å². The third-order valence-corrected chi connectivity index (χ3v) is 6.87. The first-order chi connectivity index (χ1) is 14.3. The molecule has 1 aromatic carbocycles. The maximum absolute atomic E-state index is 13.0. The van der Waals surface area contributed by atoms with Crippen molar-refractivity contribution in [3.05, 3.63) is 59.4 Å². The molecular formula is C22H27N3O4S. The first-order valence-corrected chi connectivity index (χ1v) is 12.1. The lowest BCUT2D eigenvalue weighted by Gasteiger charge is -2.26. The van der Waals surface area contributed by atoms with Gasteiger partial charge in [0.25, 0.3) is 0 Å². The molecule has 0 unspecified atom stereocenters. The summed E-state index contributed by atoms with van der Waals surface area (Å²) in [5.41, 5.74) is 2.69. The van der Waals surface area contributed by atoms with Gasteiger partial charge in [-0.3, -0.25) is 9.78 Å². The Hall–Kier alpha value is -2.45. The SMILES string of the molecule is C[C@H]1COc2ccc(CN(C3CC3)S(C)(=O)=O)cc2CN1C(=O)Cc1cccnc1. The predicted molar refractivity (Wildman–Crippen MR) is 113 cm³/mol. The standard InChI is InChI=1S/C22H27N3O4S/c1-16-15-29-21-8-5-18(13-25(20-6-7-20)30(2,27)28)10-19(21)14-24(16)22(26)11-17-4-3-9-23-12-17/h3-5,8-10,12,16,20H,6-7,11,13-15H2,1-2H3/t16-/m0/s1. The van der Waals surface area contributed by atoms with Crippen LogP contribution in [0.3, 0.4) is 0 Å². The van der Waals surface area contributed by atoms with Gasteiger partial charge in [0.15, 0.2) is 0 Å². The van der Waals surface area contributed by atoms with Gasteiger partial charge in [-0.25, -0.2) is 8.42 Å².